The van der Waals surface area contributed by atoms with Crippen LogP contribution in [-0.4, -0.2) is 30.4 Å². The molecule has 1 aromatic heterocycles. The standard InChI is InChI=1S/C14H20N2OS/c15-9-10-4-6-16(7-5-10)14(17)13-8-11-2-1-3-12(11)18-13/h8,10H,1-7,9,15H2. The van der Waals surface area contributed by atoms with Crippen molar-refractivity contribution in [2.24, 2.45) is 11.7 Å². The van der Waals surface area contributed by atoms with Crippen LogP contribution in [0.15, 0.2) is 6.07 Å². The number of nitrogens with zero attached hydrogens (tertiary/aromatic N) is 1. The number of piperidine rings is 1. The van der Waals surface area contributed by atoms with Crippen molar-refractivity contribution in [3.63, 3.8) is 0 Å². The molecule has 0 saturated carbocycles. The molecule has 2 N–H and O–H groups in total. The highest BCUT2D eigenvalue weighted by molar-refractivity contribution is 7.14. The number of amides is 1. The van der Waals surface area contributed by atoms with E-state index in [1.165, 1.54) is 23.3 Å². The van der Waals surface area contributed by atoms with Gasteiger partial charge in [0, 0.05) is 18.0 Å². The third kappa shape index (κ3) is 2.19. The molecule has 1 aliphatic carbocycles. The van der Waals surface area contributed by atoms with Gasteiger partial charge in [0.2, 0.25) is 0 Å². The normalized spacial score (nSPS) is 20.2. The van der Waals surface area contributed by atoms with Gasteiger partial charge >= 0.3 is 0 Å². The van der Waals surface area contributed by atoms with Crippen molar-refractivity contribution in [1.82, 2.24) is 4.90 Å². The number of hydrogen-bond donors (Lipinski definition) is 1. The highest BCUT2D eigenvalue weighted by Gasteiger charge is 2.25. The molecule has 3 rings (SSSR count). The van der Waals surface area contributed by atoms with Crippen molar-refractivity contribution in [3.8, 4) is 0 Å². The fourth-order valence-electron chi connectivity index (χ4n) is 2.96. The Kier molecular flexibility index (Phi) is 3.39. The van der Waals surface area contributed by atoms with Crippen LogP contribution in [0.25, 0.3) is 0 Å². The second kappa shape index (κ2) is 5.02. The van der Waals surface area contributed by atoms with Crippen LogP contribution in [0.1, 0.15) is 39.4 Å². The van der Waals surface area contributed by atoms with Crippen LogP contribution in [0.3, 0.4) is 0 Å². The number of thiophene rings is 1. The summed E-state index contributed by atoms with van der Waals surface area (Å²) in [6.07, 6.45) is 5.72. The molecule has 0 unspecified atom stereocenters. The second-order valence-electron chi connectivity index (χ2n) is 5.38. The van der Waals surface area contributed by atoms with Crippen molar-refractivity contribution in [3.05, 3.63) is 21.4 Å². The van der Waals surface area contributed by atoms with Gasteiger partial charge < -0.3 is 10.6 Å². The van der Waals surface area contributed by atoms with Gasteiger partial charge in [-0.1, -0.05) is 0 Å². The van der Waals surface area contributed by atoms with E-state index in [4.69, 9.17) is 5.73 Å². The van der Waals surface area contributed by atoms with Gasteiger partial charge in [-0.05, 0) is 56.2 Å². The number of hydrogen-bond acceptors (Lipinski definition) is 3. The second-order valence-corrected chi connectivity index (χ2v) is 6.52. The van der Waals surface area contributed by atoms with Gasteiger partial charge in [0.15, 0.2) is 0 Å². The molecule has 1 aliphatic heterocycles. The lowest BCUT2D eigenvalue weighted by Crippen LogP contribution is -2.39. The Hall–Kier alpha value is -0.870. The number of rotatable bonds is 2. The first-order valence-corrected chi connectivity index (χ1v) is 7.70. The third-order valence-electron chi connectivity index (χ3n) is 4.19. The predicted molar refractivity (Wildman–Crippen MR) is 74.0 cm³/mol. The number of fused-ring (bicyclic) bond motifs is 1. The lowest BCUT2D eigenvalue weighted by Gasteiger charge is -2.31. The van der Waals surface area contributed by atoms with Crippen molar-refractivity contribution >= 4 is 17.2 Å². The predicted octanol–water partition coefficient (Wildman–Crippen LogP) is 2.05. The first-order chi connectivity index (χ1) is 8.78. The average Bonchev–Trinajstić information content (AvgIpc) is 2.99. The molecule has 2 aliphatic rings. The Morgan fingerprint density at radius 3 is 2.83 bits per heavy atom. The summed E-state index contributed by atoms with van der Waals surface area (Å²) >= 11 is 1.71. The molecular weight excluding hydrogens is 244 g/mol. The lowest BCUT2D eigenvalue weighted by atomic mass is 9.97. The molecule has 0 bridgehead atoms. The topological polar surface area (TPSA) is 46.3 Å². The number of nitrogens with two attached hydrogens (primary N) is 1. The van der Waals surface area contributed by atoms with Gasteiger partial charge in [-0.3, -0.25) is 4.79 Å². The van der Waals surface area contributed by atoms with E-state index in [-0.39, 0.29) is 5.91 Å². The summed E-state index contributed by atoms with van der Waals surface area (Å²) in [5.41, 5.74) is 7.10. The van der Waals surface area contributed by atoms with Crippen molar-refractivity contribution in [2.75, 3.05) is 19.6 Å². The van der Waals surface area contributed by atoms with E-state index >= 15 is 0 Å². The van der Waals surface area contributed by atoms with E-state index in [2.05, 4.69) is 6.07 Å². The monoisotopic (exact) mass is 264 g/mol. The van der Waals surface area contributed by atoms with E-state index in [1.807, 2.05) is 4.90 Å². The minimum Gasteiger partial charge on any atom is -0.338 e. The van der Waals surface area contributed by atoms with Gasteiger partial charge in [0.05, 0.1) is 4.88 Å². The van der Waals surface area contributed by atoms with Gasteiger partial charge in [-0.15, -0.1) is 11.3 Å². The Bertz CT molecular complexity index is 425. The number of aryl methyl sites for hydroxylation is 2. The molecule has 0 radical (unpaired) electrons. The minimum atomic E-state index is 0.241. The maximum atomic E-state index is 12.4. The van der Waals surface area contributed by atoms with Crippen LogP contribution in [0, 0.1) is 5.92 Å². The molecule has 1 aromatic rings. The molecule has 1 fully saturated rings. The molecule has 3 nitrogen and oxygen atoms in total. The van der Waals surface area contributed by atoms with Crippen LogP contribution in [-0.2, 0) is 12.8 Å². The summed E-state index contributed by atoms with van der Waals surface area (Å²) in [5.74, 6) is 0.854. The molecule has 4 heteroatoms. The van der Waals surface area contributed by atoms with E-state index < -0.39 is 0 Å². The zero-order valence-corrected chi connectivity index (χ0v) is 11.5. The van der Waals surface area contributed by atoms with Gasteiger partial charge in [0.25, 0.3) is 5.91 Å². The quantitative estimate of drug-likeness (QED) is 0.888. The maximum absolute atomic E-state index is 12.4. The van der Waals surface area contributed by atoms with Crippen LogP contribution in [0.5, 0.6) is 0 Å². The summed E-state index contributed by atoms with van der Waals surface area (Å²) in [6, 6.07) is 2.13. The van der Waals surface area contributed by atoms with E-state index in [0.29, 0.717) is 5.92 Å². The molecule has 1 amide bonds. The first kappa shape index (κ1) is 12.2. The fourth-order valence-corrected chi connectivity index (χ4v) is 4.18. The summed E-state index contributed by atoms with van der Waals surface area (Å²) in [6.45, 7) is 2.52. The minimum absolute atomic E-state index is 0.241. The van der Waals surface area contributed by atoms with Gasteiger partial charge in [-0.25, -0.2) is 0 Å². The van der Waals surface area contributed by atoms with Crippen LogP contribution in [0.4, 0.5) is 0 Å². The number of likely N-dealkylation sites (tertiary alicyclic amines) is 1. The molecule has 98 valence electrons. The molecular formula is C14H20N2OS. The highest BCUT2D eigenvalue weighted by atomic mass is 32.1. The van der Waals surface area contributed by atoms with E-state index in [0.717, 1.165) is 43.8 Å². The molecule has 2 heterocycles. The van der Waals surface area contributed by atoms with Crippen LogP contribution in [0.2, 0.25) is 0 Å². The number of carbonyl (C=O) groups is 1. The van der Waals surface area contributed by atoms with Gasteiger partial charge in [0.1, 0.15) is 0 Å². The Balaban J connectivity index is 1.67. The van der Waals surface area contributed by atoms with Crippen molar-refractivity contribution < 1.29 is 4.79 Å². The summed E-state index contributed by atoms with van der Waals surface area (Å²) < 4.78 is 0. The summed E-state index contributed by atoms with van der Waals surface area (Å²) in [4.78, 5) is 16.8. The number of carbonyl (C=O) groups excluding carboxylic acids is 1. The first-order valence-electron chi connectivity index (χ1n) is 6.89. The van der Waals surface area contributed by atoms with E-state index in [1.54, 1.807) is 11.3 Å². The SMILES string of the molecule is NCC1CCN(C(=O)c2cc3c(s2)CCC3)CC1. The molecule has 0 aromatic carbocycles. The van der Waals surface area contributed by atoms with Crippen molar-refractivity contribution in [2.45, 2.75) is 32.1 Å². The third-order valence-corrected chi connectivity index (χ3v) is 5.42. The highest BCUT2D eigenvalue weighted by Crippen LogP contribution is 2.31. The van der Waals surface area contributed by atoms with Crippen LogP contribution >= 0.6 is 11.3 Å². The fraction of sp³-hybridized carbons (Fsp3) is 0.643. The largest absolute Gasteiger partial charge is 0.338 e. The Morgan fingerprint density at radius 2 is 2.17 bits per heavy atom. The summed E-state index contributed by atoms with van der Waals surface area (Å²) in [5, 5.41) is 0. The van der Waals surface area contributed by atoms with Crippen molar-refractivity contribution in [1.29, 1.82) is 0 Å². The zero-order chi connectivity index (χ0) is 12.5. The smallest absolute Gasteiger partial charge is 0.263 e. The summed E-state index contributed by atoms with van der Waals surface area (Å²) in [7, 11) is 0. The molecule has 0 atom stereocenters. The molecule has 0 spiro atoms. The van der Waals surface area contributed by atoms with Gasteiger partial charge in [-0.2, -0.15) is 0 Å². The lowest BCUT2D eigenvalue weighted by molar-refractivity contribution is 0.0698. The maximum Gasteiger partial charge on any atom is 0.263 e. The molecule has 1 saturated heterocycles. The van der Waals surface area contributed by atoms with E-state index in [9.17, 15) is 4.79 Å². The Labute approximate surface area is 112 Å². The Morgan fingerprint density at radius 1 is 1.39 bits per heavy atom. The molecule has 18 heavy (non-hydrogen) atoms. The zero-order valence-electron chi connectivity index (χ0n) is 10.7. The van der Waals surface area contributed by atoms with Crippen LogP contribution < -0.4 is 5.73 Å². The average molecular weight is 264 g/mol.